The molecule has 0 saturated heterocycles. The Morgan fingerprint density at radius 3 is 2.18 bits per heavy atom. The van der Waals surface area contributed by atoms with Gasteiger partial charge >= 0.3 is 10.3 Å². The topological polar surface area (TPSA) is 61.2 Å². The molecule has 6 heteroatoms. The Morgan fingerprint density at radius 1 is 1.14 bits per heavy atom. The Morgan fingerprint density at radius 2 is 1.73 bits per heavy atom. The smallest absolute Gasteiger partial charge is 0.366 e. The molecular formula is C16H22N2O3S. The summed E-state index contributed by atoms with van der Waals surface area (Å²) in [4.78, 5) is 4.14. The van der Waals surface area contributed by atoms with Gasteiger partial charge in [0.05, 0.1) is 5.69 Å². The van der Waals surface area contributed by atoms with Crippen molar-refractivity contribution in [3.8, 4) is 5.75 Å². The van der Waals surface area contributed by atoms with Crippen molar-refractivity contribution in [1.82, 2.24) is 8.96 Å². The second-order valence-electron chi connectivity index (χ2n) is 6.60. The molecule has 1 aromatic carbocycles. The van der Waals surface area contributed by atoms with Crippen molar-refractivity contribution in [2.24, 2.45) is 0 Å². The highest BCUT2D eigenvalue weighted by molar-refractivity contribution is 7.85. The molecule has 22 heavy (non-hydrogen) atoms. The molecular weight excluding hydrogens is 300 g/mol. The first kappa shape index (κ1) is 16.5. The van der Waals surface area contributed by atoms with Crippen LogP contribution in [0.3, 0.4) is 0 Å². The third-order valence-electron chi connectivity index (χ3n) is 3.34. The number of hydrogen-bond acceptors (Lipinski definition) is 4. The molecule has 2 rings (SSSR count). The zero-order valence-electron chi connectivity index (χ0n) is 13.6. The van der Waals surface area contributed by atoms with Gasteiger partial charge in [0, 0.05) is 11.6 Å². The first-order valence-electron chi connectivity index (χ1n) is 7.19. The van der Waals surface area contributed by atoms with Gasteiger partial charge in [-0.2, -0.15) is 8.42 Å². The minimum atomic E-state index is -3.93. The van der Waals surface area contributed by atoms with Crippen LogP contribution in [0, 0.1) is 0 Å². The van der Waals surface area contributed by atoms with Crippen molar-refractivity contribution in [3.05, 3.63) is 48.0 Å². The van der Waals surface area contributed by atoms with Gasteiger partial charge < -0.3 is 4.18 Å². The van der Waals surface area contributed by atoms with Gasteiger partial charge in [-0.25, -0.2) is 8.96 Å². The maximum absolute atomic E-state index is 12.3. The molecule has 0 aliphatic heterocycles. The predicted molar refractivity (Wildman–Crippen MR) is 86.4 cm³/mol. The highest BCUT2D eigenvalue weighted by Crippen LogP contribution is 2.22. The van der Waals surface area contributed by atoms with E-state index in [1.165, 1.54) is 12.5 Å². The fourth-order valence-corrected chi connectivity index (χ4v) is 2.72. The molecule has 1 heterocycles. The summed E-state index contributed by atoms with van der Waals surface area (Å²) >= 11 is 0. The van der Waals surface area contributed by atoms with Crippen molar-refractivity contribution in [3.63, 3.8) is 0 Å². The van der Waals surface area contributed by atoms with Crippen LogP contribution in [0.25, 0.3) is 0 Å². The number of nitrogens with zero attached hydrogens (tertiary/aromatic N) is 2. The van der Waals surface area contributed by atoms with Crippen LogP contribution in [-0.2, 0) is 15.7 Å². The highest BCUT2D eigenvalue weighted by atomic mass is 32.2. The standard InChI is InChI=1S/C16H22N2O3S/c1-12(2)13-6-8-14(9-7-13)21-22(19,20)18-10-15(17-11-18)16(3,4)5/h6-12H,1-5H3. The molecule has 5 nitrogen and oxygen atoms in total. The van der Waals surface area contributed by atoms with Gasteiger partial charge in [0.25, 0.3) is 0 Å². The fraction of sp³-hybridized carbons (Fsp3) is 0.438. The third kappa shape index (κ3) is 3.68. The summed E-state index contributed by atoms with van der Waals surface area (Å²) in [5, 5.41) is 0. The Kier molecular flexibility index (Phi) is 4.33. The highest BCUT2D eigenvalue weighted by Gasteiger charge is 2.22. The van der Waals surface area contributed by atoms with E-state index in [4.69, 9.17) is 4.18 Å². The molecule has 0 atom stereocenters. The Bertz CT molecular complexity index is 738. The lowest BCUT2D eigenvalue weighted by atomic mass is 9.93. The van der Waals surface area contributed by atoms with E-state index < -0.39 is 10.3 Å². The van der Waals surface area contributed by atoms with E-state index in [-0.39, 0.29) is 11.2 Å². The molecule has 0 aliphatic rings. The largest absolute Gasteiger partial charge is 0.414 e. The number of benzene rings is 1. The molecule has 2 aromatic rings. The van der Waals surface area contributed by atoms with Gasteiger partial charge in [-0.05, 0) is 23.6 Å². The van der Waals surface area contributed by atoms with Gasteiger partial charge in [0.1, 0.15) is 12.1 Å². The second-order valence-corrected chi connectivity index (χ2v) is 8.05. The monoisotopic (exact) mass is 322 g/mol. The summed E-state index contributed by atoms with van der Waals surface area (Å²) < 4.78 is 30.7. The van der Waals surface area contributed by atoms with Crippen molar-refractivity contribution < 1.29 is 12.6 Å². The lowest BCUT2D eigenvalue weighted by Gasteiger charge is -2.14. The number of hydrogen-bond donors (Lipinski definition) is 0. The van der Waals surface area contributed by atoms with Crippen molar-refractivity contribution >= 4 is 10.3 Å². The van der Waals surface area contributed by atoms with Crippen LogP contribution in [0.1, 0.15) is 51.8 Å². The SMILES string of the molecule is CC(C)c1ccc(OS(=O)(=O)n2cnc(C(C)(C)C)c2)cc1. The molecule has 0 saturated carbocycles. The predicted octanol–water partition coefficient (Wildman–Crippen LogP) is 3.48. The molecule has 0 bridgehead atoms. The zero-order valence-corrected chi connectivity index (χ0v) is 14.4. The van der Waals surface area contributed by atoms with Crippen molar-refractivity contribution in [1.29, 1.82) is 0 Å². The molecule has 0 radical (unpaired) electrons. The lowest BCUT2D eigenvalue weighted by molar-refractivity contribution is 0.475. The Labute approximate surface area is 132 Å². The molecule has 0 aliphatic carbocycles. The summed E-state index contributed by atoms with van der Waals surface area (Å²) in [5.74, 6) is 0.670. The summed E-state index contributed by atoms with van der Waals surface area (Å²) in [6.07, 6.45) is 2.75. The van der Waals surface area contributed by atoms with E-state index in [0.29, 0.717) is 11.6 Å². The summed E-state index contributed by atoms with van der Waals surface area (Å²) in [6.45, 7) is 10.1. The Hall–Kier alpha value is -1.82. The van der Waals surface area contributed by atoms with E-state index in [9.17, 15) is 8.42 Å². The van der Waals surface area contributed by atoms with Gasteiger partial charge in [-0.3, -0.25) is 0 Å². The molecule has 0 fully saturated rings. The summed E-state index contributed by atoms with van der Waals surface area (Å²) in [6, 6.07) is 7.05. The van der Waals surface area contributed by atoms with Crippen LogP contribution in [-0.4, -0.2) is 17.4 Å². The van der Waals surface area contributed by atoms with E-state index in [1.54, 1.807) is 12.1 Å². The van der Waals surface area contributed by atoms with Crippen LogP contribution in [0.5, 0.6) is 5.75 Å². The van der Waals surface area contributed by atoms with Crippen LogP contribution in [0.2, 0.25) is 0 Å². The van der Waals surface area contributed by atoms with Crippen LogP contribution in [0.15, 0.2) is 36.8 Å². The quantitative estimate of drug-likeness (QED) is 0.864. The van der Waals surface area contributed by atoms with Crippen LogP contribution < -0.4 is 4.18 Å². The third-order valence-corrected chi connectivity index (χ3v) is 4.45. The summed E-state index contributed by atoms with van der Waals surface area (Å²) in [5.41, 5.74) is 1.59. The minimum Gasteiger partial charge on any atom is -0.366 e. The van der Waals surface area contributed by atoms with E-state index in [1.807, 2.05) is 32.9 Å². The normalized spacial score (nSPS) is 12.6. The van der Waals surface area contributed by atoms with Gasteiger partial charge in [-0.15, -0.1) is 0 Å². The molecule has 1 aromatic heterocycles. The Balaban J connectivity index is 2.22. The van der Waals surface area contributed by atoms with E-state index in [0.717, 1.165) is 9.54 Å². The van der Waals surface area contributed by atoms with Crippen molar-refractivity contribution in [2.45, 2.75) is 46.0 Å². The molecule has 120 valence electrons. The number of rotatable bonds is 4. The zero-order chi connectivity index (χ0) is 16.5. The summed E-state index contributed by atoms with van der Waals surface area (Å²) in [7, 11) is -3.93. The number of imidazole rings is 1. The molecule has 0 N–H and O–H groups in total. The van der Waals surface area contributed by atoms with E-state index >= 15 is 0 Å². The molecule has 0 amide bonds. The van der Waals surface area contributed by atoms with Gasteiger partial charge in [0.15, 0.2) is 0 Å². The second kappa shape index (κ2) is 5.76. The fourth-order valence-electron chi connectivity index (χ4n) is 1.89. The van der Waals surface area contributed by atoms with Gasteiger partial charge in [-0.1, -0.05) is 46.8 Å². The lowest BCUT2D eigenvalue weighted by Crippen LogP contribution is -2.18. The first-order valence-corrected chi connectivity index (χ1v) is 8.55. The van der Waals surface area contributed by atoms with Crippen LogP contribution >= 0.6 is 0 Å². The van der Waals surface area contributed by atoms with Crippen molar-refractivity contribution in [2.75, 3.05) is 0 Å². The first-order chi connectivity index (χ1) is 10.1. The minimum absolute atomic E-state index is 0.223. The van der Waals surface area contributed by atoms with Crippen LogP contribution in [0.4, 0.5) is 0 Å². The number of aromatic nitrogens is 2. The maximum Gasteiger partial charge on any atom is 0.414 e. The van der Waals surface area contributed by atoms with Gasteiger partial charge in [0.2, 0.25) is 0 Å². The molecule has 0 unspecified atom stereocenters. The average Bonchev–Trinajstić information content (AvgIpc) is 2.89. The maximum atomic E-state index is 12.3. The average molecular weight is 322 g/mol. The van der Waals surface area contributed by atoms with E-state index in [2.05, 4.69) is 18.8 Å². The molecule has 0 spiro atoms.